The summed E-state index contributed by atoms with van der Waals surface area (Å²) < 4.78 is 0. The van der Waals surface area contributed by atoms with Crippen LogP contribution in [0.4, 0.5) is 0 Å². The van der Waals surface area contributed by atoms with Crippen LogP contribution in [0.5, 0.6) is 0 Å². The van der Waals surface area contributed by atoms with Gasteiger partial charge in [-0.3, -0.25) is 4.79 Å². The van der Waals surface area contributed by atoms with E-state index in [4.69, 9.17) is 0 Å². The van der Waals surface area contributed by atoms with Crippen LogP contribution in [0.15, 0.2) is 23.1 Å². The van der Waals surface area contributed by atoms with Gasteiger partial charge in [0, 0.05) is 6.20 Å². The third-order valence-electron chi connectivity index (χ3n) is 1.39. The molecule has 0 bridgehead atoms. The molecule has 68 valence electrons. The molecule has 1 aromatic heterocycles. The highest BCUT2D eigenvalue weighted by Crippen LogP contribution is 1.97. The molecular weight excluding hydrogens is 178 g/mol. The molecular formula is C10H13NOSi. The molecule has 0 aliphatic heterocycles. The van der Waals surface area contributed by atoms with E-state index >= 15 is 0 Å². The quantitative estimate of drug-likeness (QED) is 0.490. The van der Waals surface area contributed by atoms with Crippen molar-refractivity contribution in [3.8, 4) is 11.5 Å². The van der Waals surface area contributed by atoms with Gasteiger partial charge in [0.2, 0.25) is 0 Å². The lowest BCUT2D eigenvalue weighted by atomic mass is 10.3. The molecule has 13 heavy (non-hydrogen) atoms. The fourth-order valence-electron chi connectivity index (χ4n) is 0.775. The molecule has 0 fully saturated rings. The Morgan fingerprint density at radius 1 is 1.38 bits per heavy atom. The first-order valence-electron chi connectivity index (χ1n) is 4.20. The van der Waals surface area contributed by atoms with Gasteiger partial charge in [-0.15, -0.1) is 5.54 Å². The summed E-state index contributed by atoms with van der Waals surface area (Å²) in [5.74, 6) is 2.92. The average molecular weight is 191 g/mol. The number of rotatable bonds is 0. The molecule has 0 saturated carbocycles. The molecule has 0 radical (unpaired) electrons. The zero-order valence-corrected chi connectivity index (χ0v) is 9.14. The lowest BCUT2D eigenvalue weighted by molar-refractivity contribution is 1.22. The zero-order valence-electron chi connectivity index (χ0n) is 8.14. The maximum atomic E-state index is 11.2. The second-order valence-corrected chi connectivity index (χ2v) is 8.66. The second-order valence-electron chi connectivity index (χ2n) is 3.91. The second kappa shape index (κ2) is 3.63. The van der Waals surface area contributed by atoms with E-state index in [1.54, 1.807) is 18.3 Å². The fourth-order valence-corrected chi connectivity index (χ4v) is 1.28. The van der Waals surface area contributed by atoms with Crippen LogP contribution in [-0.2, 0) is 0 Å². The van der Waals surface area contributed by atoms with Gasteiger partial charge in [-0.1, -0.05) is 25.6 Å². The van der Waals surface area contributed by atoms with Crippen LogP contribution in [0, 0.1) is 11.5 Å². The molecule has 1 heterocycles. The summed E-state index contributed by atoms with van der Waals surface area (Å²) in [7, 11) is -1.38. The number of nitrogens with one attached hydrogen (secondary N) is 1. The van der Waals surface area contributed by atoms with Crippen molar-refractivity contribution in [1.29, 1.82) is 0 Å². The van der Waals surface area contributed by atoms with Crippen LogP contribution in [-0.4, -0.2) is 13.1 Å². The average Bonchev–Trinajstić information content (AvgIpc) is 2.01. The molecule has 0 aliphatic carbocycles. The topological polar surface area (TPSA) is 32.9 Å². The van der Waals surface area contributed by atoms with Gasteiger partial charge in [0.05, 0.1) is 5.56 Å². The predicted molar refractivity (Wildman–Crippen MR) is 57.3 cm³/mol. The monoisotopic (exact) mass is 191 g/mol. The Labute approximate surface area is 79.0 Å². The Morgan fingerprint density at radius 2 is 2.08 bits per heavy atom. The summed E-state index contributed by atoms with van der Waals surface area (Å²) in [5, 5.41) is 0. The highest BCUT2D eigenvalue weighted by atomic mass is 28.3. The van der Waals surface area contributed by atoms with E-state index in [0.717, 1.165) is 0 Å². The van der Waals surface area contributed by atoms with Crippen molar-refractivity contribution in [3.05, 3.63) is 34.2 Å². The lowest BCUT2D eigenvalue weighted by Crippen LogP contribution is -2.17. The molecule has 0 amide bonds. The van der Waals surface area contributed by atoms with Crippen molar-refractivity contribution in [3.63, 3.8) is 0 Å². The molecule has 0 spiro atoms. The Bertz CT molecular complexity index is 403. The van der Waals surface area contributed by atoms with Crippen LogP contribution < -0.4 is 5.56 Å². The van der Waals surface area contributed by atoms with Gasteiger partial charge < -0.3 is 4.98 Å². The first-order valence-corrected chi connectivity index (χ1v) is 7.70. The molecule has 0 unspecified atom stereocenters. The van der Waals surface area contributed by atoms with Crippen molar-refractivity contribution in [2.75, 3.05) is 0 Å². The summed E-state index contributed by atoms with van der Waals surface area (Å²) >= 11 is 0. The van der Waals surface area contributed by atoms with Crippen LogP contribution in [0.1, 0.15) is 5.56 Å². The van der Waals surface area contributed by atoms with E-state index in [1.165, 1.54) is 0 Å². The van der Waals surface area contributed by atoms with Crippen LogP contribution in [0.3, 0.4) is 0 Å². The van der Waals surface area contributed by atoms with Crippen LogP contribution >= 0.6 is 0 Å². The van der Waals surface area contributed by atoms with Gasteiger partial charge in [-0.05, 0) is 12.1 Å². The minimum Gasteiger partial charge on any atom is -0.328 e. The summed E-state index contributed by atoms with van der Waals surface area (Å²) in [5.41, 5.74) is 3.60. The van der Waals surface area contributed by atoms with Crippen LogP contribution in [0.2, 0.25) is 19.6 Å². The molecule has 0 aliphatic rings. The molecule has 3 heteroatoms. The summed E-state index contributed by atoms with van der Waals surface area (Å²) in [6.45, 7) is 6.45. The smallest absolute Gasteiger partial charge is 0.263 e. The highest BCUT2D eigenvalue weighted by Gasteiger charge is 2.07. The van der Waals surface area contributed by atoms with Gasteiger partial charge >= 0.3 is 0 Å². The number of pyridine rings is 1. The third-order valence-corrected chi connectivity index (χ3v) is 2.27. The summed E-state index contributed by atoms with van der Waals surface area (Å²) in [6.07, 6.45) is 1.61. The molecule has 0 saturated heterocycles. The van der Waals surface area contributed by atoms with E-state index < -0.39 is 8.07 Å². The SMILES string of the molecule is C[Si](C)(C)C#Cc1ccc[nH]c1=O. The van der Waals surface area contributed by atoms with Crippen molar-refractivity contribution >= 4 is 8.07 Å². The minimum atomic E-state index is -1.38. The maximum absolute atomic E-state index is 11.2. The van der Waals surface area contributed by atoms with Crippen molar-refractivity contribution in [2.24, 2.45) is 0 Å². The molecule has 1 rings (SSSR count). The van der Waals surface area contributed by atoms with E-state index in [0.29, 0.717) is 5.56 Å². The largest absolute Gasteiger partial charge is 0.328 e. The number of aromatic amines is 1. The van der Waals surface area contributed by atoms with E-state index in [9.17, 15) is 4.79 Å². The van der Waals surface area contributed by atoms with Gasteiger partial charge in [0.25, 0.3) is 5.56 Å². The van der Waals surface area contributed by atoms with Crippen molar-refractivity contribution < 1.29 is 0 Å². The molecule has 0 atom stereocenters. The van der Waals surface area contributed by atoms with Crippen molar-refractivity contribution in [2.45, 2.75) is 19.6 Å². The minimum absolute atomic E-state index is 0.103. The summed E-state index contributed by atoms with van der Waals surface area (Å²) in [4.78, 5) is 13.8. The van der Waals surface area contributed by atoms with Crippen molar-refractivity contribution in [1.82, 2.24) is 4.98 Å². The van der Waals surface area contributed by atoms with Gasteiger partial charge in [0.1, 0.15) is 8.07 Å². The maximum Gasteiger partial charge on any atom is 0.263 e. The Hall–Kier alpha value is -1.27. The predicted octanol–water partition coefficient (Wildman–Crippen LogP) is 1.60. The van der Waals surface area contributed by atoms with E-state index in [1.807, 2.05) is 0 Å². The number of hydrogen-bond acceptors (Lipinski definition) is 1. The van der Waals surface area contributed by atoms with Gasteiger partial charge in [0.15, 0.2) is 0 Å². The Kier molecular flexibility index (Phi) is 2.74. The van der Waals surface area contributed by atoms with Gasteiger partial charge in [-0.2, -0.15) is 0 Å². The van der Waals surface area contributed by atoms with Crippen LogP contribution in [0.25, 0.3) is 0 Å². The summed E-state index contributed by atoms with van der Waals surface area (Å²) in [6, 6.07) is 3.53. The molecule has 1 aromatic rings. The zero-order chi connectivity index (χ0) is 9.90. The Balaban J connectivity index is 3.04. The number of aromatic nitrogens is 1. The lowest BCUT2D eigenvalue weighted by Gasteiger charge is -2.02. The molecule has 2 nitrogen and oxygen atoms in total. The standard InChI is InChI=1S/C10H13NOSi/c1-13(2,3)8-6-9-5-4-7-11-10(9)12/h4-5,7H,1-3H3,(H,11,12). The molecule has 1 N–H and O–H groups in total. The fraction of sp³-hybridized carbons (Fsp3) is 0.300. The Morgan fingerprint density at radius 3 is 2.62 bits per heavy atom. The number of H-pyrrole nitrogens is 1. The normalized spacial score (nSPS) is 10.4. The first kappa shape index (κ1) is 9.81. The first-order chi connectivity index (χ1) is 5.99. The van der Waals surface area contributed by atoms with E-state index in [2.05, 4.69) is 36.1 Å². The van der Waals surface area contributed by atoms with E-state index in [-0.39, 0.29) is 5.56 Å². The highest BCUT2D eigenvalue weighted by molar-refractivity contribution is 6.83. The number of hydrogen-bond donors (Lipinski definition) is 1. The van der Waals surface area contributed by atoms with Gasteiger partial charge in [-0.25, -0.2) is 0 Å². The molecule has 0 aromatic carbocycles. The third kappa shape index (κ3) is 3.30.